The Morgan fingerprint density at radius 3 is 2.24 bits per heavy atom. The average Bonchev–Trinajstić information content (AvgIpc) is 2.49. The van der Waals surface area contributed by atoms with Gasteiger partial charge in [-0.05, 0) is 51.0 Å². The van der Waals surface area contributed by atoms with Crippen molar-refractivity contribution in [3.8, 4) is 0 Å². The van der Waals surface area contributed by atoms with Crippen LogP contribution in [0.25, 0.3) is 0 Å². The summed E-state index contributed by atoms with van der Waals surface area (Å²) in [6.07, 6.45) is 1.80. The number of rotatable bonds is 7. The van der Waals surface area contributed by atoms with E-state index in [1.54, 1.807) is 6.20 Å². The molecule has 0 spiro atoms. The van der Waals surface area contributed by atoms with Crippen molar-refractivity contribution < 1.29 is 8.98 Å². The van der Waals surface area contributed by atoms with Crippen LogP contribution < -0.4 is 4.72 Å². The van der Waals surface area contributed by atoms with Crippen molar-refractivity contribution in [1.82, 2.24) is 9.71 Å². The molecule has 6 heteroatoms. The van der Waals surface area contributed by atoms with Crippen LogP contribution in [0.2, 0.25) is 18.1 Å². The predicted molar refractivity (Wildman–Crippen MR) is 111 cm³/mol. The summed E-state index contributed by atoms with van der Waals surface area (Å²) < 4.78 is 22.1. The molecule has 1 aromatic rings. The normalized spacial score (nSPS) is 17.2. The Balaban J connectivity index is 2.95. The van der Waals surface area contributed by atoms with Crippen LogP contribution in [0.4, 0.5) is 0 Å². The van der Waals surface area contributed by atoms with Crippen molar-refractivity contribution in [2.24, 2.45) is 0 Å². The summed E-state index contributed by atoms with van der Waals surface area (Å²) >= 11 is -1.15. The highest BCUT2D eigenvalue weighted by molar-refractivity contribution is 7.90. The zero-order valence-electron chi connectivity index (χ0n) is 17.3. The van der Waals surface area contributed by atoms with Crippen molar-refractivity contribution in [2.75, 3.05) is 6.61 Å². The van der Waals surface area contributed by atoms with Crippen LogP contribution in [-0.4, -0.2) is 35.2 Å². The molecule has 1 N–H and O–H groups in total. The van der Waals surface area contributed by atoms with E-state index in [9.17, 15) is 4.55 Å². The van der Waals surface area contributed by atoms with Gasteiger partial charge < -0.3 is 8.98 Å². The summed E-state index contributed by atoms with van der Waals surface area (Å²) in [5.74, 6) is 0.109. The topological polar surface area (TPSA) is 57.2 Å². The summed E-state index contributed by atoms with van der Waals surface area (Å²) in [5, 5.41) is 0.148. The minimum atomic E-state index is -1.87. The van der Waals surface area contributed by atoms with E-state index in [2.05, 4.69) is 50.5 Å². The maximum Gasteiger partial charge on any atom is 0.192 e. The first kappa shape index (κ1) is 22.6. The van der Waals surface area contributed by atoms with E-state index >= 15 is 0 Å². The Labute approximate surface area is 158 Å². The van der Waals surface area contributed by atoms with Crippen LogP contribution >= 0.6 is 0 Å². The van der Waals surface area contributed by atoms with E-state index in [4.69, 9.17) is 4.43 Å². The molecule has 0 aromatic carbocycles. The van der Waals surface area contributed by atoms with Gasteiger partial charge in [0.2, 0.25) is 0 Å². The van der Waals surface area contributed by atoms with E-state index in [-0.39, 0.29) is 21.7 Å². The molecule has 0 radical (unpaired) electrons. The van der Waals surface area contributed by atoms with Gasteiger partial charge in [-0.1, -0.05) is 33.8 Å². The molecule has 1 unspecified atom stereocenters. The quantitative estimate of drug-likeness (QED) is 0.550. The molecule has 0 bridgehead atoms. The first-order valence-electron chi connectivity index (χ1n) is 8.98. The standard InChI is InChI=1S/C19H36N2O2SSi/c1-15(16-12-10-11-13-20-16)17(21-24(22)18(2,3)4)14-23-25(8,9)19(5,6)7/h10-13,15,17,21H,14H2,1-9H3/t15-,17-,24?/m0/s1. The van der Waals surface area contributed by atoms with Crippen molar-refractivity contribution in [2.45, 2.75) is 83.3 Å². The summed E-state index contributed by atoms with van der Waals surface area (Å²) in [6, 6.07) is 5.87. The van der Waals surface area contributed by atoms with Crippen molar-refractivity contribution >= 4 is 19.7 Å². The Kier molecular flexibility index (Phi) is 7.72. The smallest absolute Gasteiger partial charge is 0.192 e. The van der Waals surface area contributed by atoms with E-state index in [1.807, 2.05) is 39.0 Å². The van der Waals surface area contributed by atoms with Gasteiger partial charge in [-0.25, -0.2) is 0 Å². The zero-order valence-corrected chi connectivity index (χ0v) is 19.2. The maximum atomic E-state index is 12.7. The van der Waals surface area contributed by atoms with Crippen LogP contribution in [-0.2, 0) is 15.8 Å². The first-order valence-corrected chi connectivity index (χ1v) is 13.0. The monoisotopic (exact) mass is 384 g/mol. The van der Waals surface area contributed by atoms with Gasteiger partial charge in [0.25, 0.3) is 0 Å². The van der Waals surface area contributed by atoms with Gasteiger partial charge in [-0.15, -0.1) is 4.72 Å². The Hall–Kier alpha value is -0.403. The molecule has 1 heterocycles. The average molecular weight is 385 g/mol. The lowest BCUT2D eigenvalue weighted by Crippen LogP contribution is -2.51. The molecular formula is C19H36N2O2SSi. The SMILES string of the molecule is C[C@@H](c1ccccn1)[C@H](CO[Si](C)(C)C(C)(C)C)N[S+]([O-])C(C)(C)C. The third kappa shape index (κ3) is 6.68. The van der Waals surface area contributed by atoms with Crippen LogP contribution in [0.5, 0.6) is 0 Å². The molecular weight excluding hydrogens is 348 g/mol. The lowest BCUT2D eigenvalue weighted by Gasteiger charge is -2.38. The molecule has 0 saturated heterocycles. The highest BCUT2D eigenvalue weighted by Crippen LogP contribution is 2.37. The second-order valence-corrected chi connectivity index (χ2v) is 16.0. The van der Waals surface area contributed by atoms with Gasteiger partial charge in [0, 0.05) is 29.2 Å². The number of pyridine rings is 1. The fourth-order valence-electron chi connectivity index (χ4n) is 1.96. The minimum absolute atomic E-state index is 0.0518. The van der Waals surface area contributed by atoms with Gasteiger partial charge in [0.05, 0.1) is 12.6 Å². The second-order valence-electron chi connectivity index (χ2n) is 9.22. The second kappa shape index (κ2) is 8.52. The minimum Gasteiger partial charge on any atom is -0.598 e. The van der Waals surface area contributed by atoms with Gasteiger partial charge in [0.1, 0.15) is 4.75 Å². The zero-order chi connectivity index (χ0) is 19.5. The predicted octanol–water partition coefficient (Wildman–Crippen LogP) is 4.63. The molecule has 1 aromatic heterocycles. The molecule has 0 saturated carbocycles. The lowest BCUT2D eigenvalue weighted by atomic mass is 9.99. The number of nitrogens with zero attached hydrogens (tertiary/aromatic N) is 1. The van der Waals surface area contributed by atoms with Crippen LogP contribution in [0.3, 0.4) is 0 Å². The highest BCUT2D eigenvalue weighted by atomic mass is 32.2. The Bertz CT molecular complexity index is 526. The molecule has 0 fully saturated rings. The summed E-state index contributed by atoms with van der Waals surface area (Å²) in [5.41, 5.74) is 0.991. The van der Waals surface area contributed by atoms with Gasteiger partial charge in [0.15, 0.2) is 8.32 Å². The number of hydrogen-bond acceptors (Lipinski definition) is 4. The maximum absolute atomic E-state index is 12.7. The van der Waals surface area contributed by atoms with Crippen LogP contribution in [0, 0.1) is 0 Å². The fraction of sp³-hybridized carbons (Fsp3) is 0.737. The summed E-state index contributed by atoms with van der Waals surface area (Å²) in [4.78, 5) is 4.48. The Morgan fingerprint density at radius 1 is 1.20 bits per heavy atom. The van der Waals surface area contributed by atoms with Crippen molar-refractivity contribution in [3.05, 3.63) is 30.1 Å². The number of aromatic nitrogens is 1. The number of nitrogens with one attached hydrogen (secondary N) is 1. The van der Waals surface area contributed by atoms with E-state index in [1.165, 1.54) is 0 Å². The highest BCUT2D eigenvalue weighted by Gasteiger charge is 2.39. The molecule has 3 atom stereocenters. The van der Waals surface area contributed by atoms with Crippen molar-refractivity contribution in [1.29, 1.82) is 0 Å². The molecule has 0 aliphatic rings. The molecule has 144 valence electrons. The lowest BCUT2D eigenvalue weighted by molar-refractivity contribution is 0.240. The Morgan fingerprint density at radius 2 is 1.80 bits per heavy atom. The van der Waals surface area contributed by atoms with Crippen LogP contribution in [0.15, 0.2) is 24.4 Å². The largest absolute Gasteiger partial charge is 0.598 e. The molecule has 0 amide bonds. The fourth-order valence-corrected chi connectivity index (χ4v) is 3.89. The summed E-state index contributed by atoms with van der Waals surface area (Å²) in [6.45, 7) is 19.8. The van der Waals surface area contributed by atoms with Crippen LogP contribution in [0.1, 0.15) is 60.1 Å². The molecule has 0 aliphatic carbocycles. The third-order valence-corrected chi connectivity index (χ3v) is 11.1. The third-order valence-electron chi connectivity index (χ3n) is 5.00. The van der Waals surface area contributed by atoms with Gasteiger partial charge >= 0.3 is 0 Å². The number of hydrogen-bond donors (Lipinski definition) is 1. The van der Waals surface area contributed by atoms with E-state index in [0.29, 0.717) is 6.61 Å². The van der Waals surface area contributed by atoms with Gasteiger partial charge in [-0.3, -0.25) is 4.98 Å². The van der Waals surface area contributed by atoms with E-state index < -0.39 is 19.7 Å². The van der Waals surface area contributed by atoms with Crippen molar-refractivity contribution in [3.63, 3.8) is 0 Å². The molecule has 1 rings (SSSR count). The van der Waals surface area contributed by atoms with Gasteiger partial charge in [-0.2, -0.15) is 0 Å². The molecule has 4 nitrogen and oxygen atoms in total. The molecule has 25 heavy (non-hydrogen) atoms. The molecule has 0 aliphatic heterocycles. The summed E-state index contributed by atoms with van der Waals surface area (Å²) in [7, 11) is -1.87. The first-order chi connectivity index (χ1) is 11.3. The van der Waals surface area contributed by atoms with E-state index in [0.717, 1.165) is 5.69 Å².